The molecule has 1 saturated carbocycles. The minimum Gasteiger partial charge on any atom is -0.283 e. The highest BCUT2D eigenvalue weighted by atomic mass is 32.2. The van der Waals surface area contributed by atoms with E-state index in [1.54, 1.807) is 12.1 Å². The largest absolute Gasteiger partial charge is 0.283 e. The molecule has 162 valence electrons. The number of nitrogens with zero attached hydrogens (tertiary/aromatic N) is 3. The van der Waals surface area contributed by atoms with Crippen molar-refractivity contribution in [2.45, 2.75) is 38.1 Å². The molecule has 0 atom stereocenters. The number of thiazole rings is 1. The van der Waals surface area contributed by atoms with Gasteiger partial charge >= 0.3 is 0 Å². The molecule has 2 heterocycles. The Morgan fingerprint density at radius 2 is 1.78 bits per heavy atom. The van der Waals surface area contributed by atoms with Crippen molar-refractivity contribution < 1.29 is 9.18 Å². The minimum atomic E-state index is -0.290. The lowest BCUT2D eigenvalue weighted by Crippen LogP contribution is -2.40. The molecule has 2 aliphatic rings. The summed E-state index contributed by atoms with van der Waals surface area (Å²) < 4.78 is 13.3. The second kappa shape index (κ2) is 9.38. The molecule has 0 spiro atoms. The number of hydrogen-bond acceptors (Lipinski definition) is 5. The Morgan fingerprint density at radius 3 is 2.53 bits per heavy atom. The van der Waals surface area contributed by atoms with Gasteiger partial charge in [0, 0.05) is 17.0 Å². The van der Waals surface area contributed by atoms with Gasteiger partial charge in [0.25, 0.3) is 5.91 Å². The topological polar surface area (TPSA) is 45.6 Å². The molecule has 0 bridgehead atoms. The van der Waals surface area contributed by atoms with Crippen molar-refractivity contribution >= 4 is 45.4 Å². The number of halogens is 1. The molecule has 3 aromatic rings. The molecule has 5 rings (SSSR count). The third-order valence-electron chi connectivity index (χ3n) is 5.70. The Kier molecular flexibility index (Phi) is 6.19. The Labute approximate surface area is 194 Å². The highest BCUT2D eigenvalue weighted by Crippen LogP contribution is 2.39. The summed E-state index contributed by atoms with van der Waals surface area (Å²) in [6.45, 7) is 0. The van der Waals surface area contributed by atoms with Crippen LogP contribution in [0.1, 0.15) is 37.7 Å². The van der Waals surface area contributed by atoms with Crippen molar-refractivity contribution in [3.8, 4) is 11.3 Å². The van der Waals surface area contributed by atoms with Crippen LogP contribution in [-0.4, -0.2) is 27.0 Å². The number of amides is 1. The van der Waals surface area contributed by atoms with Gasteiger partial charge in [0.2, 0.25) is 5.13 Å². The first-order valence-corrected chi connectivity index (χ1v) is 12.5. The zero-order valence-electron chi connectivity index (χ0n) is 17.4. The Balaban J connectivity index is 1.47. The summed E-state index contributed by atoms with van der Waals surface area (Å²) in [4.78, 5) is 25.3. The van der Waals surface area contributed by atoms with Gasteiger partial charge in [-0.15, -0.1) is 11.3 Å². The van der Waals surface area contributed by atoms with Gasteiger partial charge in [-0.1, -0.05) is 61.7 Å². The van der Waals surface area contributed by atoms with E-state index in [0.29, 0.717) is 15.2 Å². The number of amidine groups is 1. The van der Waals surface area contributed by atoms with E-state index in [-0.39, 0.29) is 17.8 Å². The average Bonchev–Trinajstić information content (AvgIpc) is 3.41. The Hall–Kier alpha value is -2.77. The lowest BCUT2D eigenvalue weighted by atomic mass is 9.94. The first kappa shape index (κ1) is 21.1. The Bertz CT molecular complexity index is 1170. The number of thioether (sulfide) groups is 1. The van der Waals surface area contributed by atoms with E-state index >= 15 is 0 Å². The maximum atomic E-state index is 13.4. The fraction of sp³-hybridized carbons (Fsp3) is 0.240. The van der Waals surface area contributed by atoms with E-state index in [0.717, 1.165) is 42.5 Å². The van der Waals surface area contributed by atoms with E-state index in [1.807, 2.05) is 46.7 Å². The summed E-state index contributed by atoms with van der Waals surface area (Å²) in [5.41, 5.74) is 2.73. The van der Waals surface area contributed by atoms with E-state index in [2.05, 4.69) is 4.98 Å². The normalized spacial score (nSPS) is 19.9. The molecule has 1 saturated heterocycles. The second-order valence-corrected chi connectivity index (χ2v) is 9.75. The van der Waals surface area contributed by atoms with Crippen LogP contribution >= 0.6 is 23.1 Å². The van der Waals surface area contributed by atoms with Crippen molar-refractivity contribution in [1.29, 1.82) is 0 Å². The molecule has 1 aliphatic heterocycles. The van der Waals surface area contributed by atoms with Crippen LogP contribution < -0.4 is 0 Å². The van der Waals surface area contributed by atoms with Crippen LogP contribution in [0.4, 0.5) is 9.52 Å². The molecule has 7 heteroatoms. The van der Waals surface area contributed by atoms with E-state index < -0.39 is 0 Å². The van der Waals surface area contributed by atoms with Gasteiger partial charge in [-0.05, 0) is 48.4 Å². The van der Waals surface area contributed by atoms with Crippen LogP contribution in [0.3, 0.4) is 0 Å². The van der Waals surface area contributed by atoms with Crippen LogP contribution in [0.25, 0.3) is 17.3 Å². The van der Waals surface area contributed by atoms with Crippen LogP contribution in [0, 0.1) is 5.82 Å². The lowest BCUT2D eigenvalue weighted by molar-refractivity contribution is -0.124. The van der Waals surface area contributed by atoms with Crippen molar-refractivity contribution in [1.82, 2.24) is 9.88 Å². The number of carbonyl (C=O) groups excluding carboxylic acids is 1. The maximum Gasteiger partial charge on any atom is 0.267 e. The number of carbonyl (C=O) groups is 1. The first-order chi connectivity index (χ1) is 15.7. The zero-order chi connectivity index (χ0) is 21.9. The zero-order valence-corrected chi connectivity index (χ0v) is 19.0. The van der Waals surface area contributed by atoms with Gasteiger partial charge in [-0.25, -0.2) is 9.37 Å². The third kappa shape index (κ3) is 4.54. The molecule has 4 nitrogen and oxygen atoms in total. The van der Waals surface area contributed by atoms with E-state index in [9.17, 15) is 9.18 Å². The molecule has 0 unspecified atom stereocenters. The highest BCUT2D eigenvalue weighted by Gasteiger charge is 2.38. The number of aromatic nitrogens is 1. The summed E-state index contributed by atoms with van der Waals surface area (Å²) in [5.74, 6) is -0.313. The third-order valence-corrected chi connectivity index (χ3v) is 7.41. The van der Waals surface area contributed by atoms with Crippen molar-refractivity contribution in [2.75, 3.05) is 0 Å². The molecule has 2 fully saturated rings. The molecular formula is C25H22FN3OS2. The van der Waals surface area contributed by atoms with Crippen molar-refractivity contribution in [3.63, 3.8) is 0 Å². The summed E-state index contributed by atoms with van der Waals surface area (Å²) in [7, 11) is 0. The summed E-state index contributed by atoms with van der Waals surface area (Å²) >= 11 is 2.86. The van der Waals surface area contributed by atoms with Crippen LogP contribution in [-0.2, 0) is 4.79 Å². The highest BCUT2D eigenvalue weighted by molar-refractivity contribution is 8.18. The van der Waals surface area contributed by atoms with E-state index in [1.165, 1.54) is 41.7 Å². The number of rotatable bonds is 4. The van der Waals surface area contributed by atoms with Gasteiger partial charge in [0.15, 0.2) is 5.17 Å². The first-order valence-electron chi connectivity index (χ1n) is 10.8. The molecule has 1 aromatic heterocycles. The van der Waals surface area contributed by atoms with Crippen LogP contribution in [0.15, 0.2) is 69.9 Å². The fourth-order valence-electron chi connectivity index (χ4n) is 4.08. The quantitative estimate of drug-likeness (QED) is 0.396. The Morgan fingerprint density at radius 1 is 1.03 bits per heavy atom. The predicted molar refractivity (Wildman–Crippen MR) is 130 cm³/mol. The molecular weight excluding hydrogens is 441 g/mol. The van der Waals surface area contributed by atoms with Crippen molar-refractivity contribution in [2.24, 2.45) is 4.99 Å². The molecule has 1 amide bonds. The number of aliphatic imine (C=N–C) groups is 1. The maximum absolute atomic E-state index is 13.4. The van der Waals surface area contributed by atoms with Gasteiger partial charge in [-0.2, -0.15) is 4.99 Å². The summed E-state index contributed by atoms with van der Waals surface area (Å²) in [6.07, 6.45) is 7.26. The summed E-state index contributed by atoms with van der Waals surface area (Å²) in [5, 5.41) is 3.32. The second-order valence-electron chi connectivity index (χ2n) is 7.90. The standard InChI is InChI=1S/C25H22FN3OS2/c26-19-13-11-17(12-14-19)15-22-23(30)29(20-9-5-2-6-10-20)25(32-22)28-24-27-21(16-31-24)18-7-3-1-4-8-18/h1,3-4,7-8,11-16,20H,2,5-6,9-10H2/b22-15-,28-25+. The monoisotopic (exact) mass is 463 g/mol. The lowest BCUT2D eigenvalue weighted by Gasteiger charge is -2.30. The molecule has 2 aromatic carbocycles. The molecule has 0 N–H and O–H groups in total. The SMILES string of the molecule is O=C1/C(=C/c2ccc(F)cc2)S/C(=N/c2nc(-c3ccccc3)cs2)N1C1CCCCC1. The van der Waals surface area contributed by atoms with Crippen molar-refractivity contribution in [3.05, 3.63) is 76.3 Å². The molecule has 0 radical (unpaired) electrons. The van der Waals surface area contributed by atoms with Gasteiger partial charge in [0.1, 0.15) is 5.82 Å². The van der Waals surface area contributed by atoms with E-state index in [4.69, 9.17) is 4.99 Å². The van der Waals surface area contributed by atoms with Gasteiger partial charge < -0.3 is 0 Å². The average molecular weight is 464 g/mol. The minimum absolute atomic E-state index is 0.0233. The van der Waals surface area contributed by atoms with Crippen LogP contribution in [0.5, 0.6) is 0 Å². The predicted octanol–water partition coefficient (Wildman–Crippen LogP) is 6.89. The molecule has 1 aliphatic carbocycles. The number of hydrogen-bond donors (Lipinski definition) is 0. The summed E-state index contributed by atoms with van der Waals surface area (Å²) in [6, 6.07) is 16.4. The molecule has 32 heavy (non-hydrogen) atoms. The smallest absolute Gasteiger partial charge is 0.267 e. The van der Waals surface area contributed by atoms with Gasteiger partial charge in [-0.3, -0.25) is 9.69 Å². The fourth-order valence-corrected chi connectivity index (χ4v) is 5.87. The van der Waals surface area contributed by atoms with Crippen LogP contribution in [0.2, 0.25) is 0 Å². The van der Waals surface area contributed by atoms with Gasteiger partial charge in [0.05, 0.1) is 10.6 Å². The number of benzene rings is 2.